The van der Waals surface area contributed by atoms with Gasteiger partial charge in [-0.3, -0.25) is 14.9 Å². The third-order valence-corrected chi connectivity index (χ3v) is 2.51. The highest BCUT2D eigenvalue weighted by Gasteiger charge is 2.11. The van der Waals surface area contributed by atoms with Crippen molar-refractivity contribution in [1.82, 2.24) is 5.32 Å². The fourth-order valence-corrected chi connectivity index (χ4v) is 1.59. The first-order valence-corrected chi connectivity index (χ1v) is 5.84. The van der Waals surface area contributed by atoms with E-state index in [0.29, 0.717) is 37.9 Å². The number of nitrogens with two attached hydrogens (primary N) is 1. The van der Waals surface area contributed by atoms with E-state index in [9.17, 15) is 14.9 Å². The number of nitro benzene ring substituents is 1. The number of hydrogen-bond donors (Lipinski definition) is 2. The van der Waals surface area contributed by atoms with E-state index in [1.54, 1.807) is 18.2 Å². The first-order valence-electron chi connectivity index (χ1n) is 5.84. The highest BCUT2D eigenvalue weighted by Crippen LogP contribution is 2.17. The molecule has 0 unspecified atom stereocenters. The van der Waals surface area contributed by atoms with Crippen LogP contribution in [-0.2, 0) is 11.2 Å². The van der Waals surface area contributed by atoms with Crippen LogP contribution in [0.15, 0.2) is 24.3 Å². The Kier molecular flexibility index (Phi) is 8.48. The molecule has 0 aliphatic heterocycles. The molecule has 0 fully saturated rings. The van der Waals surface area contributed by atoms with Crippen LogP contribution in [-0.4, -0.2) is 23.9 Å². The van der Waals surface area contributed by atoms with Gasteiger partial charge in [-0.25, -0.2) is 0 Å². The smallest absolute Gasteiger partial charge is 0.272 e. The summed E-state index contributed by atoms with van der Waals surface area (Å²) in [6.07, 6.45) is 1.50. The van der Waals surface area contributed by atoms with Crippen molar-refractivity contribution in [3.63, 3.8) is 0 Å². The zero-order chi connectivity index (χ0) is 13.4. The molecule has 1 rings (SSSR count). The molecule has 0 aliphatic carbocycles. The van der Waals surface area contributed by atoms with Gasteiger partial charge in [0.2, 0.25) is 5.91 Å². The largest absolute Gasteiger partial charge is 0.356 e. The SMILES string of the molecule is Cl.NCCCC(=O)NCCc1ccccc1[N+](=O)[O-]. The van der Waals surface area contributed by atoms with Crippen LogP contribution in [0.1, 0.15) is 18.4 Å². The Morgan fingerprint density at radius 1 is 1.37 bits per heavy atom. The number of nitro groups is 1. The Labute approximate surface area is 117 Å². The summed E-state index contributed by atoms with van der Waals surface area (Å²) in [5.74, 6) is -0.0703. The summed E-state index contributed by atoms with van der Waals surface area (Å²) in [6.45, 7) is 0.881. The van der Waals surface area contributed by atoms with Crippen LogP contribution < -0.4 is 11.1 Å². The predicted molar refractivity (Wildman–Crippen MR) is 75.3 cm³/mol. The van der Waals surface area contributed by atoms with E-state index in [2.05, 4.69) is 5.32 Å². The summed E-state index contributed by atoms with van der Waals surface area (Å²) in [6, 6.07) is 6.54. The van der Waals surface area contributed by atoms with Crippen molar-refractivity contribution in [2.45, 2.75) is 19.3 Å². The zero-order valence-corrected chi connectivity index (χ0v) is 11.3. The number of rotatable bonds is 7. The lowest BCUT2D eigenvalue weighted by Gasteiger charge is -2.05. The molecule has 0 spiro atoms. The number of carbonyl (C=O) groups excluding carboxylic acids is 1. The molecule has 19 heavy (non-hydrogen) atoms. The molecule has 0 saturated heterocycles. The normalized spacial score (nSPS) is 9.53. The van der Waals surface area contributed by atoms with E-state index in [1.807, 2.05) is 0 Å². The van der Waals surface area contributed by atoms with Crippen molar-refractivity contribution in [3.05, 3.63) is 39.9 Å². The van der Waals surface area contributed by atoms with E-state index in [-0.39, 0.29) is 24.0 Å². The van der Waals surface area contributed by atoms with Gasteiger partial charge in [0.25, 0.3) is 5.69 Å². The van der Waals surface area contributed by atoms with Gasteiger partial charge in [0, 0.05) is 24.6 Å². The van der Waals surface area contributed by atoms with Crippen molar-refractivity contribution >= 4 is 24.0 Å². The first kappa shape index (κ1) is 17.3. The molecule has 7 heteroatoms. The quantitative estimate of drug-likeness (QED) is 0.585. The maximum absolute atomic E-state index is 11.3. The molecule has 3 N–H and O–H groups in total. The highest BCUT2D eigenvalue weighted by molar-refractivity contribution is 5.85. The summed E-state index contributed by atoms with van der Waals surface area (Å²) < 4.78 is 0. The van der Waals surface area contributed by atoms with Crippen LogP contribution in [0.5, 0.6) is 0 Å². The van der Waals surface area contributed by atoms with Crippen LogP contribution >= 0.6 is 12.4 Å². The predicted octanol–water partition coefficient (Wildman–Crippen LogP) is 1.41. The Hall–Kier alpha value is -1.66. The molecule has 1 aromatic rings. The Balaban J connectivity index is 0.00000324. The molecule has 0 atom stereocenters. The average molecular weight is 288 g/mol. The Bertz CT molecular complexity index is 426. The van der Waals surface area contributed by atoms with Gasteiger partial charge >= 0.3 is 0 Å². The van der Waals surface area contributed by atoms with Crippen molar-refractivity contribution in [2.75, 3.05) is 13.1 Å². The molecular weight excluding hydrogens is 270 g/mol. The number of benzene rings is 1. The number of carbonyl (C=O) groups is 1. The van der Waals surface area contributed by atoms with Crippen molar-refractivity contribution < 1.29 is 9.72 Å². The van der Waals surface area contributed by atoms with E-state index in [4.69, 9.17) is 5.73 Å². The second kappa shape index (κ2) is 9.29. The van der Waals surface area contributed by atoms with Gasteiger partial charge < -0.3 is 11.1 Å². The Morgan fingerprint density at radius 3 is 2.68 bits per heavy atom. The summed E-state index contributed by atoms with van der Waals surface area (Å²) in [4.78, 5) is 21.7. The van der Waals surface area contributed by atoms with E-state index in [0.717, 1.165) is 0 Å². The number of para-hydroxylation sites is 1. The second-order valence-corrected chi connectivity index (χ2v) is 3.88. The monoisotopic (exact) mass is 287 g/mol. The summed E-state index contributed by atoms with van der Waals surface area (Å²) >= 11 is 0. The Morgan fingerprint density at radius 2 is 2.05 bits per heavy atom. The molecule has 0 bridgehead atoms. The molecule has 6 nitrogen and oxygen atoms in total. The number of hydrogen-bond acceptors (Lipinski definition) is 4. The molecule has 1 aromatic carbocycles. The zero-order valence-electron chi connectivity index (χ0n) is 10.5. The molecule has 1 amide bonds. The summed E-state index contributed by atoms with van der Waals surface area (Å²) in [5, 5.41) is 13.5. The maximum Gasteiger partial charge on any atom is 0.272 e. The summed E-state index contributed by atoms with van der Waals surface area (Å²) in [7, 11) is 0. The van der Waals surface area contributed by atoms with Crippen molar-refractivity contribution in [1.29, 1.82) is 0 Å². The summed E-state index contributed by atoms with van der Waals surface area (Å²) in [5.41, 5.74) is 6.01. The van der Waals surface area contributed by atoms with Crippen molar-refractivity contribution in [2.24, 2.45) is 5.73 Å². The van der Waals surface area contributed by atoms with Gasteiger partial charge in [-0.2, -0.15) is 0 Å². The minimum absolute atomic E-state index is 0. The fraction of sp³-hybridized carbons (Fsp3) is 0.417. The maximum atomic E-state index is 11.3. The minimum atomic E-state index is -0.411. The number of amides is 1. The molecule has 106 valence electrons. The van der Waals surface area contributed by atoms with Gasteiger partial charge in [0.15, 0.2) is 0 Å². The first-order chi connectivity index (χ1) is 8.65. The number of nitrogens with zero attached hydrogens (tertiary/aromatic N) is 1. The molecular formula is C12H18ClN3O3. The molecule has 0 saturated carbocycles. The van der Waals surface area contributed by atoms with E-state index >= 15 is 0 Å². The van der Waals surface area contributed by atoms with Crippen LogP contribution in [0.25, 0.3) is 0 Å². The van der Waals surface area contributed by atoms with Crippen LogP contribution in [0, 0.1) is 10.1 Å². The third kappa shape index (κ3) is 6.17. The van der Waals surface area contributed by atoms with Crippen molar-refractivity contribution in [3.8, 4) is 0 Å². The fourth-order valence-electron chi connectivity index (χ4n) is 1.59. The molecule has 0 radical (unpaired) electrons. The van der Waals surface area contributed by atoms with Gasteiger partial charge in [0.1, 0.15) is 0 Å². The van der Waals surface area contributed by atoms with Crippen LogP contribution in [0.3, 0.4) is 0 Å². The number of nitrogens with one attached hydrogen (secondary N) is 1. The van der Waals surface area contributed by atoms with Crippen LogP contribution in [0.2, 0.25) is 0 Å². The van der Waals surface area contributed by atoms with Gasteiger partial charge in [0.05, 0.1) is 4.92 Å². The topological polar surface area (TPSA) is 98.3 Å². The number of halogens is 1. The van der Waals surface area contributed by atoms with Gasteiger partial charge in [-0.05, 0) is 19.4 Å². The third-order valence-electron chi connectivity index (χ3n) is 2.51. The minimum Gasteiger partial charge on any atom is -0.356 e. The molecule has 0 aliphatic rings. The lowest BCUT2D eigenvalue weighted by atomic mass is 10.1. The average Bonchev–Trinajstić information content (AvgIpc) is 2.36. The van der Waals surface area contributed by atoms with E-state index < -0.39 is 4.92 Å². The van der Waals surface area contributed by atoms with E-state index in [1.165, 1.54) is 6.07 Å². The second-order valence-electron chi connectivity index (χ2n) is 3.88. The van der Waals surface area contributed by atoms with Crippen LogP contribution in [0.4, 0.5) is 5.69 Å². The molecule has 0 aromatic heterocycles. The standard InChI is InChI=1S/C12H17N3O3.ClH/c13-8-3-6-12(16)14-9-7-10-4-1-2-5-11(10)15(17)18;/h1-2,4-5H,3,6-9,13H2,(H,14,16);1H. The van der Waals surface area contributed by atoms with Gasteiger partial charge in [-0.15, -0.1) is 12.4 Å². The lowest BCUT2D eigenvalue weighted by molar-refractivity contribution is -0.385. The molecule has 0 heterocycles. The van der Waals surface area contributed by atoms with Gasteiger partial charge in [-0.1, -0.05) is 18.2 Å². The lowest BCUT2D eigenvalue weighted by Crippen LogP contribution is -2.26. The highest BCUT2D eigenvalue weighted by atomic mass is 35.5.